The molecule has 0 fully saturated rings. The summed E-state index contributed by atoms with van der Waals surface area (Å²) in [5.74, 6) is 4.01. The monoisotopic (exact) mass is 362 g/mol. The molecule has 0 aliphatic rings. The summed E-state index contributed by atoms with van der Waals surface area (Å²) in [7, 11) is 0. The molecule has 154 valence electrons. The molecule has 1 atom stereocenters. The summed E-state index contributed by atoms with van der Waals surface area (Å²) in [5, 5.41) is 0. The molecule has 0 saturated heterocycles. The molecular formula is C26H50. The van der Waals surface area contributed by atoms with Gasteiger partial charge in [0.15, 0.2) is 0 Å². The minimum Gasteiger partial charge on any atom is -0.120 e. The molecule has 0 aromatic carbocycles. The maximum atomic E-state index is 4.60. The van der Waals surface area contributed by atoms with Crippen LogP contribution < -0.4 is 0 Å². The van der Waals surface area contributed by atoms with E-state index in [0.717, 1.165) is 18.3 Å². The van der Waals surface area contributed by atoms with Gasteiger partial charge >= 0.3 is 0 Å². The van der Waals surface area contributed by atoms with Crippen LogP contribution in [-0.2, 0) is 0 Å². The van der Waals surface area contributed by atoms with E-state index < -0.39 is 0 Å². The first-order chi connectivity index (χ1) is 12.5. The van der Waals surface area contributed by atoms with E-state index in [2.05, 4.69) is 79.0 Å². The maximum absolute atomic E-state index is 4.60. The fourth-order valence-electron chi connectivity index (χ4n) is 3.13. The van der Waals surface area contributed by atoms with E-state index in [0.29, 0.717) is 0 Å². The second-order valence-electron chi connectivity index (χ2n) is 7.20. The van der Waals surface area contributed by atoms with Crippen molar-refractivity contribution in [3.8, 4) is 12.3 Å². The smallest absolute Gasteiger partial charge is 0.00297 e. The highest BCUT2D eigenvalue weighted by molar-refractivity contribution is 5.20. The van der Waals surface area contributed by atoms with E-state index in [9.17, 15) is 0 Å². The van der Waals surface area contributed by atoms with Gasteiger partial charge in [-0.2, -0.15) is 0 Å². The van der Waals surface area contributed by atoms with Gasteiger partial charge < -0.3 is 0 Å². The van der Waals surface area contributed by atoms with Gasteiger partial charge in [0.2, 0.25) is 0 Å². The lowest BCUT2D eigenvalue weighted by Crippen LogP contribution is -2.02. The fourth-order valence-corrected chi connectivity index (χ4v) is 3.13. The molecule has 0 aliphatic carbocycles. The van der Waals surface area contributed by atoms with Crippen LogP contribution in [0, 0.1) is 24.2 Å². The van der Waals surface area contributed by atoms with Gasteiger partial charge in [-0.05, 0) is 50.5 Å². The maximum Gasteiger partial charge on any atom is -0.00297 e. The topological polar surface area (TPSA) is 0 Å². The third-order valence-electron chi connectivity index (χ3n) is 4.46. The summed E-state index contributed by atoms with van der Waals surface area (Å²) in [5.41, 5.74) is 1.55. The van der Waals surface area contributed by atoms with Crippen LogP contribution in [0.15, 0.2) is 23.8 Å². The van der Waals surface area contributed by atoms with Crippen LogP contribution in [0.2, 0.25) is 0 Å². The van der Waals surface area contributed by atoms with Gasteiger partial charge in [0.05, 0.1) is 0 Å². The standard InChI is InChI=1S/C15H28.C8H18.C3H4/c1-5-9-12-14(8-4)15(11-7-3)13-10-6-2;1-4-6-8(3)7-5-2;1-3-2/h8-9,12,15H,5-7,10-11,13H2,1-4H3;8H,4-7H2,1-3H3;1H,2H3/b12-9-,14-8+;;. The van der Waals surface area contributed by atoms with Crippen LogP contribution in [0.3, 0.4) is 0 Å². The van der Waals surface area contributed by atoms with Crippen molar-refractivity contribution in [3.05, 3.63) is 23.8 Å². The molecule has 26 heavy (non-hydrogen) atoms. The largest absolute Gasteiger partial charge is 0.120 e. The highest BCUT2D eigenvalue weighted by Gasteiger charge is 2.09. The van der Waals surface area contributed by atoms with Crippen LogP contribution in [0.1, 0.15) is 120 Å². The van der Waals surface area contributed by atoms with Crippen molar-refractivity contribution in [2.75, 3.05) is 0 Å². The first-order valence-electron chi connectivity index (χ1n) is 11.2. The molecule has 0 spiro atoms. The van der Waals surface area contributed by atoms with Gasteiger partial charge in [-0.15, -0.1) is 12.3 Å². The van der Waals surface area contributed by atoms with Crippen LogP contribution in [-0.4, -0.2) is 0 Å². The third kappa shape index (κ3) is 23.0. The van der Waals surface area contributed by atoms with Crippen molar-refractivity contribution in [3.63, 3.8) is 0 Å². The van der Waals surface area contributed by atoms with Crippen LogP contribution in [0.5, 0.6) is 0 Å². The second kappa shape index (κ2) is 26.3. The predicted octanol–water partition coefficient (Wildman–Crippen LogP) is 9.37. The zero-order valence-corrected chi connectivity index (χ0v) is 19.5. The third-order valence-corrected chi connectivity index (χ3v) is 4.46. The van der Waals surface area contributed by atoms with E-state index in [1.165, 1.54) is 57.8 Å². The van der Waals surface area contributed by atoms with E-state index in [1.807, 2.05) is 0 Å². The predicted molar refractivity (Wildman–Crippen MR) is 125 cm³/mol. The number of unbranched alkanes of at least 4 members (excludes halogenated alkanes) is 1. The molecule has 0 amide bonds. The van der Waals surface area contributed by atoms with Crippen molar-refractivity contribution in [2.45, 2.75) is 120 Å². The van der Waals surface area contributed by atoms with Gasteiger partial charge in [-0.3, -0.25) is 0 Å². The summed E-state index contributed by atoms with van der Waals surface area (Å²) in [6.45, 7) is 17.4. The number of allylic oxidation sites excluding steroid dienone is 4. The molecule has 0 aromatic rings. The van der Waals surface area contributed by atoms with Gasteiger partial charge in [0, 0.05) is 0 Å². The number of rotatable bonds is 12. The summed E-state index contributed by atoms with van der Waals surface area (Å²) in [6.07, 6.45) is 24.8. The molecule has 0 N–H and O–H groups in total. The normalized spacial score (nSPS) is 12.1. The number of terminal acetylenes is 1. The Labute approximate surface area is 167 Å². The lowest BCUT2D eigenvalue weighted by Gasteiger charge is -2.17. The lowest BCUT2D eigenvalue weighted by molar-refractivity contribution is 0.480. The zero-order valence-electron chi connectivity index (χ0n) is 19.5. The molecular weight excluding hydrogens is 312 g/mol. The molecule has 0 aliphatic heterocycles. The van der Waals surface area contributed by atoms with Crippen molar-refractivity contribution < 1.29 is 0 Å². The van der Waals surface area contributed by atoms with Crippen LogP contribution in [0.25, 0.3) is 0 Å². The average Bonchev–Trinajstić information content (AvgIpc) is 2.62. The molecule has 0 saturated carbocycles. The van der Waals surface area contributed by atoms with Crippen molar-refractivity contribution in [1.82, 2.24) is 0 Å². The summed E-state index contributed by atoms with van der Waals surface area (Å²) in [4.78, 5) is 0. The molecule has 0 radical (unpaired) electrons. The summed E-state index contributed by atoms with van der Waals surface area (Å²) < 4.78 is 0. The fraction of sp³-hybridized carbons (Fsp3) is 0.769. The van der Waals surface area contributed by atoms with Crippen LogP contribution in [0.4, 0.5) is 0 Å². The van der Waals surface area contributed by atoms with Crippen LogP contribution >= 0.6 is 0 Å². The quantitative estimate of drug-likeness (QED) is 0.239. The van der Waals surface area contributed by atoms with E-state index in [1.54, 1.807) is 12.5 Å². The Hall–Kier alpha value is -0.960. The van der Waals surface area contributed by atoms with Crippen molar-refractivity contribution >= 4 is 0 Å². The highest BCUT2D eigenvalue weighted by Crippen LogP contribution is 2.24. The Kier molecular flexibility index (Phi) is 30.1. The van der Waals surface area contributed by atoms with Gasteiger partial charge in [-0.1, -0.05) is 105 Å². The average molecular weight is 363 g/mol. The van der Waals surface area contributed by atoms with Gasteiger partial charge in [-0.25, -0.2) is 0 Å². The Morgan fingerprint density at radius 2 is 1.38 bits per heavy atom. The minimum atomic E-state index is 0.794. The van der Waals surface area contributed by atoms with Crippen molar-refractivity contribution in [2.24, 2.45) is 11.8 Å². The molecule has 0 rings (SSSR count). The molecule has 0 nitrogen and oxygen atoms in total. The molecule has 0 bridgehead atoms. The SMILES string of the molecule is C#CC.C/C=C(\C=C/CC)C(CCC)CCCC.CCCC(C)CCC. The summed E-state index contributed by atoms with van der Waals surface area (Å²) in [6, 6.07) is 0. The van der Waals surface area contributed by atoms with E-state index in [4.69, 9.17) is 0 Å². The first kappa shape index (κ1) is 29.8. The molecule has 0 aromatic heterocycles. The highest BCUT2D eigenvalue weighted by atomic mass is 14.1. The Morgan fingerprint density at radius 1 is 0.885 bits per heavy atom. The van der Waals surface area contributed by atoms with Crippen molar-refractivity contribution in [1.29, 1.82) is 0 Å². The Balaban J connectivity index is -0.000000402. The second-order valence-corrected chi connectivity index (χ2v) is 7.20. The molecule has 0 heteroatoms. The number of hydrogen-bond acceptors (Lipinski definition) is 0. The van der Waals surface area contributed by atoms with Gasteiger partial charge in [0.25, 0.3) is 0 Å². The number of hydrogen-bond donors (Lipinski definition) is 0. The Morgan fingerprint density at radius 3 is 1.73 bits per heavy atom. The Bertz CT molecular complexity index is 334. The van der Waals surface area contributed by atoms with Gasteiger partial charge in [0.1, 0.15) is 0 Å². The minimum absolute atomic E-state index is 0.794. The molecule has 1 unspecified atom stereocenters. The first-order valence-corrected chi connectivity index (χ1v) is 11.2. The lowest BCUT2D eigenvalue weighted by atomic mass is 9.89. The molecule has 0 heterocycles. The van der Waals surface area contributed by atoms with E-state index in [-0.39, 0.29) is 0 Å². The zero-order chi connectivity index (χ0) is 20.6. The summed E-state index contributed by atoms with van der Waals surface area (Å²) >= 11 is 0. The van der Waals surface area contributed by atoms with E-state index >= 15 is 0 Å².